The van der Waals surface area contributed by atoms with Crippen LogP contribution in [-0.2, 0) is 6.54 Å². The van der Waals surface area contributed by atoms with Gasteiger partial charge in [0.25, 0.3) is 5.56 Å². The lowest BCUT2D eigenvalue weighted by Gasteiger charge is -2.39. The molecule has 4 aromatic rings. The maximum atomic E-state index is 13.3. The molecule has 0 saturated carbocycles. The maximum absolute atomic E-state index is 13.3. The zero-order valence-electron chi connectivity index (χ0n) is 16.5. The number of benzene rings is 2. The van der Waals surface area contributed by atoms with Crippen molar-refractivity contribution in [1.82, 2.24) is 19.3 Å². The van der Waals surface area contributed by atoms with E-state index in [1.807, 2.05) is 18.3 Å². The van der Waals surface area contributed by atoms with Crippen molar-refractivity contribution in [1.29, 1.82) is 0 Å². The van der Waals surface area contributed by atoms with E-state index in [0.29, 0.717) is 23.8 Å². The molecular weight excluding hydrogens is 383 g/mol. The zero-order chi connectivity index (χ0) is 20.7. The van der Waals surface area contributed by atoms with Crippen LogP contribution in [0.1, 0.15) is 17.2 Å². The number of rotatable bonds is 5. The van der Waals surface area contributed by atoms with E-state index in [9.17, 15) is 9.18 Å². The fraction of sp³-hybridized carbons (Fsp3) is 0.217. The Morgan fingerprint density at radius 2 is 1.87 bits per heavy atom. The van der Waals surface area contributed by atoms with Gasteiger partial charge in [-0.05, 0) is 42.0 Å². The summed E-state index contributed by atoms with van der Waals surface area (Å²) in [7, 11) is 1.67. The van der Waals surface area contributed by atoms with Gasteiger partial charge >= 0.3 is 0 Å². The van der Waals surface area contributed by atoms with Gasteiger partial charge in [-0.1, -0.05) is 12.1 Å². The minimum absolute atomic E-state index is 0.180. The molecule has 30 heavy (non-hydrogen) atoms. The molecule has 0 unspecified atom stereocenters. The number of aromatic amines is 1. The van der Waals surface area contributed by atoms with Crippen LogP contribution >= 0.6 is 0 Å². The first-order chi connectivity index (χ1) is 14.6. The minimum Gasteiger partial charge on any atom is -0.497 e. The predicted octanol–water partition coefficient (Wildman–Crippen LogP) is 3.44. The Morgan fingerprint density at radius 3 is 2.57 bits per heavy atom. The molecule has 152 valence electrons. The third-order valence-corrected chi connectivity index (χ3v) is 5.63. The molecule has 0 amide bonds. The van der Waals surface area contributed by atoms with E-state index in [-0.39, 0.29) is 11.4 Å². The number of likely N-dealkylation sites (tertiary alicyclic amines) is 1. The lowest BCUT2D eigenvalue weighted by atomic mass is 9.91. The summed E-state index contributed by atoms with van der Waals surface area (Å²) in [5, 5.41) is 0. The van der Waals surface area contributed by atoms with Crippen LogP contribution in [0.5, 0.6) is 5.75 Å². The second kappa shape index (κ2) is 7.42. The minimum atomic E-state index is -0.303. The average molecular weight is 404 g/mol. The topological polar surface area (TPSA) is 62.6 Å². The standard InChI is InChI=1S/C23H21FN4O2/c1-30-20-8-4-15(5-9-20)17-11-27(12-17)13-19-14-28-21(23(29)26-19)10-25-22(28)16-2-6-18(24)7-3-16/h2-10,14,17H,11-13H2,1H3,(H,26,29). The van der Waals surface area contributed by atoms with E-state index in [1.54, 1.807) is 29.8 Å². The Hall–Kier alpha value is -3.45. The van der Waals surface area contributed by atoms with Crippen LogP contribution in [-0.4, -0.2) is 39.5 Å². The van der Waals surface area contributed by atoms with E-state index >= 15 is 0 Å². The van der Waals surface area contributed by atoms with Crippen molar-refractivity contribution in [2.75, 3.05) is 20.2 Å². The second-order valence-electron chi connectivity index (χ2n) is 7.62. The summed E-state index contributed by atoms with van der Waals surface area (Å²) in [6, 6.07) is 14.3. The Morgan fingerprint density at radius 1 is 1.13 bits per heavy atom. The molecule has 1 saturated heterocycles. The Labute approximate surface area is 172 Å². The van der Waals surface area contributed by atoms with Gasteiger partial charge in [0.05, 0.1) is 13.3 Å². The zero-order valence-corrected chi connectivity index (χ0v) is 16.5. The number of imidazole rings is 1. The van der Waals surface area contributed by atoms with Crippen molar-refractivity contribution in [2.24, 2.45) is 0 Å². The van der Waals surface area contributed by atoms with Gasteiger partial charge in [-0.2, -0.15) is 0 Å². The summed E-state index contributed by atoms with van der Waals surface area (Å²) < 4.78 is 20.3. The van der Waals surface area contributed by atoms with Crippen LogP contribution in [0.4, 0.5) is 4.39 Å². The number of methoxy groups -OCH3 is 1. The summed E-state index contributed by atoms with van der Waals surface area (Å²) in [5.74, 6) is 1.66. The average Bonchev–Trinajstić information content (AvgIpc) is 3.16. The summed E-state index contributed by atoms with van der Waals surface area (Å²) in [6.45, 7) is 2.52. The summed E-state index contributed by atoms with van der Waals surface area (Å²) in [5.41, 5.74) is 3.17. The first-order valence-electron chi connectivity index (χ1n) is 9.82. The molecular formula is C23H21FN4O2. The van der Waals surface area contributed by atoms with Crippen LogP contribution in [0, 0.1) is 5.82 Å². The van der Waals surface area contributed by atoms with Crippen molar-refractivity contribution in [3.05, 3.63) is 88.4 Å². The number of hydrogen-bond acceptors (Lipinski definition) is 4. The van der Waals surface area contributed by atoms with Gasteiger partial charge in [-0.15, -0.1) is 0 Å². The molecule has 5 rings (SSSR count). The number of fused-ring (bicyclic) bond motifs is 1. The summed E-state index contributed by atoms with van der Waals surface area (Å²) in [4.78, 5) is 22.1. The van der Waals surface area contributed by atoms with E-state index in [0.717, 1.165) is 30.1 Å². The van der Waals surface area contributed by atoms with Crippen LogP contribution in [0.3, 0.4) is 0 Å². The van der Waals surface area contributed by atoms with Crippen molar-refractivity contribution < 1.29 is 9.13 Å². The molecule has 1 N–H and O–H groups in total. The normalized spacial score (nSPS) is 14.7. The SMILES string of the molecule is COc1ccc(C2CN(Cc3cn4c(-c5ccc(F)cc5)ncc4c(=O)[nH]3)C2)cc1. The molecule has 0 spiro atoms. The number of nitrogens with one attached hydrogen (secondary N) is 1. The number of aromatic nitrogens is 3. The van der Waals surface area contributed by atoms with E-state index in [4.69, 9.17) is 4.74 Å². The largest absolute Gasteiger partial charge is 0.497 e. The molecule has 0 radical (unpaired) electrons. The van der Waals surface area contributed by atoms with Gasteiger partial charge in [0.15, 0.2) is 0 Å². The van der Waals surface area contributed by atoms with E-state index in [1.165, 1.54) is 17.7 Å². The smallest absolute Gasteiger partial charge is 0.274 e. The number of ether oxygens (including phenoxy) is 1. The molecule has 1 aliphatic rings. The predicted molar refractivity (Wildman–Crippen MR) is 112 cm³/mol. The van der Waals surface area contributed by atoms with Crippen molar-refractivity contribution in [3.63, 3.8) is 0 Å². The highest BCUT2D eigenvalue weighted by Gasteiger charge is 2.28. The fourth-order valence-corrected chi connectivity index (χ4v) is 3.98. The Balaban J connectivity index is 1.34. The molecule has 2 aromatic heterocycles. The van der Waals surface area contributed by atoms with Crippen molar-refractivity contribution >= 4 is 5.52 Å². The highest BCUT2D eigenvalue weighted by Crippen LogP contribution is 2.29. The van der Waals surface area contributed by atoms with Crippen LogP contribution in [0.15, 0.2) is 65.7 Å². The van der Waals surface area contributed by atoms with Crippen LogP contribution in [0.25, 0.3) is 16.9 Å². The van der Waals surface area contributed by atoms with Gasteiger partial charge < -0.3 is 9.72 Å². The molecule has 3 heterocycles. The van der Waals surface area contributed by atoms with Crippen LogP contribution < -0.4 is 10.3 Å². The van der Waals surface area contributed by atoms with Gasteiger partial charge in [-0.25, -0.2) is 9.37 Å². The van der Waals surface area contributed by atoms with Gasteiger partial charge in [-0.3, -0.25) is 14.1 Å². The quantitative estimate of drug-likeness (QED) is 0.554. The Kier molecular flexibility index (Phi) is 4.59. The number of nitrogens with zero attached hydrogens (tertiary/aromatic N) is 3. The van der Waals surface area contributed by atoms with Gasteiger partial charge in [0.1, 0.15) is 22.9 Å². The van der Waals surface area contributed by atoms with E-state index in [2.05, 4.69) is 27.0 Å². The molecule has 2 aromatic carbocycles. The van der Waals surface area contributed by atoms with Crippen molar-refractivity contribution in [2.45, 2.75) is 12.5 Å². The fourth-order valence-electron chi connectivity index (χ4n) is 3.98. The molecule has 7 heteroatoms. The van der Waals surface area contributed by atoms with Gasteiger partial charge in [0.2, 0.25) is 0 Å². The first kappa shape index (κ1) is 18.6. The Bertz CT molecular complexity index is 1240. The third-order valence-electron chi connectivity index (χ3n) is 5.63. The number of hydrogen-bond donors (Lipinski definition) is 1. The highest BCUT2D eigenvalue weighted by molar-refractivity contribution is 5.61. The maximum Gasteiger partial charge on any atom is 0.274 e. The van der Waals surface area contributed by atoms with E-state index < -0.39 is 0 Å². The summed E-state index contributed by atoms with van der Waals surface area (Å²) >= 11 is 0. The molecule has 1 fully saturated rings. The number of H-pyrrole nitrogens is 1. The molecule has 0 atom stereocenters. The lowest BCUT2D eigenvalue weighted by Crippen LogP contribution is -2.44. The van der Waals surface area contributed by atoms with Crippen molar-refractivity contribution in [3.8, 4) is 17.1 Å². The lowest BCUT2D eigenvalue weighted by molar-refractivity contribution is 0.137. The molecule has 6 nitrogen and oxygen atoms in total. The summed E-state index contributed by atoms with van der Waals surface area (Å²) in [6.07, 6.45) is 3.45. The molecule has 0 aliphatic carbocycles. The molecule has 1 aliphatic heterocycles. The first-order valence-corrected chi connectivity index (χ1v) is 9.82. The highest BCUT2D eigenvalue weighted by atomic mass is 19.1. The second-order valence-corrected chi connectivity index (χ2v) is 7.62. The van der Waals surface area contributed by atoms with Crippen LogP contribution in [0.2, 0.25) is 0 Å². The number of halogens is 1. The monoisotopic (exact) mass is 404 g/mol. The third kappa shape index (κ3) is 3.37. The van der Waals surface area contributed by atoms with Gasteiger partial charge in [0, 0.05) is 43.0 Å². The molecule has 0 bridgehead atoms.